The summed E-state index contributed by atoms with van der Waals surface area (Å²) in [5.74, 6) is 0.200. The summed E-state index contributed by atoms with van der Waals surface area (Å²) in [6.07, 6.45) is 1.02. The minimum Gasteiger partial charge on any atom is -0.481 e. The highest BCUT2D eigenvalue weighted by molar-refractivity contribution is 7.92. The number of fused-ring (bicyclic) bond motifs is 1. The highest BCUT2D eigenvalue weighted by Crippen LogP contribution is 2.32. The molecule has 1 N–H and O–H groups in total. The van der Waals surface area contributed by atoms with Crippen molar-refractivity contribution in [3.63, 3.8) is 0 Å². The maximum Gasteiger partial charge on any atom is 0.264 e. The van der Waals surface area contributed by atoms with E-state index in [4.69, 9.17) is 4.74 Å². The number of benzene rings is 2. The van der Waals surface area contributed by atoms with Gasteiger partial charge in [0.25, 0.3) is 15.9 Å². The fraction of sp³-hybridized carbons (Fsp3) is 0.316. The summed E-state index contributed by atoms with van der Waals surface area (Å²) in [5.41, 5.74) is 1.79. The molecule has 0 saturated carbocycles. The lowest BCUT2D eigenvalue weighted by molar-refractivity contribution is -0.126. The molecule has 2 aromatic rings. The van der Waals surface area contributed by atoms with Crippen LogP contribution in [0.4, 0.5) is 5.69 Å². The van der Waals surface area contributed by atoms with Gasteiger partial charge in [-0.25, -0.2) is 8.42 Å². The first kappa shape index (κ1) is 18.3. The summed E-state index contributed by atoms with van der Waals surface area (Å²) in [4.78, 5) is 11.7. The number of rotatable bonds is 5. The minimum atomic E-state index is -3.64. The summed E-state index contributed by atoms with van der Waals surface area (Å²) in [7, 11) is -2.11. The Morgan fingerprint density at radius 1 is 1.15 bits per heavy atom. The first-order valence-corrected chi connectivity index (χ1v) is 9.96. The lowest BCUT2D eigenvalue weighted by atomic mass is 10.0. The van der Waals surface area contributed by atoms with Crippen LogP contribution in [0.25, 0.3) is 0 Å². The van der Waals surface area contributed by atoms with Crippen LogP contribution >= 0.6 is 0 Å². The van der Waals surface area contributed by atoms with Gasteiger partial charge in [0, 0.05) is 13.6 Å². The second kappa shape index (κ2) is 7.37. The molecule has 1 atom stereocenters. The maximum absolute atomic E-state index is 13.1. The molecular weight excluding hydrogens is 352 g/mol. The third-order valence-corrected chi connectivity index (χ3v) is 6.24. The van der Waals surface area contributed by atoms with Gasteiger partial charge in [0.2, 0.25) is 0 Å². The van der Waals surface area contributed by atoms with Crippen LogP contribution in [0.3, 0.4) is 0 Å². The van der Waals surface area contributed by atoms with Gasteiger partial charge in [-0.3, -0.25) is 9.10 Å². The third kappa shape index (κ3) is 3.53. The number of hydrogen-bond donors (Lipinski definition) is 1. The zero-order valence-corrected chi connectivity index (χ0v) is 15.6. The van der Waals surface area contributed by atoms with Crippen LogP contribution < -0.4 is 14.4 Å². The standard InChI is InChI=1S/C19H22N2O4S/c1-14(19(22)20-2)25-16-9-11-17(12-10-16)26(23,24)21-13-5-7-15-6-3-4-8-18(15)21/h3-4,6,8-12,14H,5,7,13H2,1-2H3,(H,20,22)/t14-/m1/s1. The van der Waals surface area contributed by atoms with Crippen molar-refractivity contribution in [2.24, 2.45) is 0 Å². The number of anilines is 1. The highest BCUT2D eigenvalue weighted by atomic mass is 32.2. The molecule has 138 valence electrons. The number of para-hydroxylation sites is 1. The maximum atomic E-state index is 13.1. The van der Waals surface area contributed by atoms with E-state index in [9.17, 15) is 13.2 Å². The van der Waals surface area contributed by atoms with Crippen molar-refractivity contribution >= 4 is 21.6 Å². The molecule has 6 nitrogen and oxygen atoms in total. The number of amides is 1. The SMILES string of the molecule is CNC(=O)[C@@H](C)Oc1ccc(S(=O)(=O)N2CCCc3ccccc32)cc1. The van der Waals surface area contributed by atoms with E-state index in [1.165, 1.54) is 23.5 Å². The van der Waals surface area contributed by atoms with Crippen LogP contribution in [-0.2, 0) is 21.2 Å². The highest BCUT2D eigenvalue weighted by Gasteiger charge is 2.28. The molecule has 2 aromatic carbocycles. The van der Waals surface area contributed by atoms with Gasteiger partial charge in [-0.1, -0.05) is 18.2 Å². The second-order valence-corrected chi connectivity index (χ2v) is 8.02. The molecule has 0 radical (unpaired) electrons. The van der Waals surface area contributed by atoms with Gasteiger partial charge in [-0.15, -0.1) is 0 Å². The van der Waals surface area contributed by atoms with E-state index in [2.05, 4.69) is 5.32 Å². The van der Waals surface area contributed by atoms with Crippen molar-refractivity contribution in [2.45, 2.75) is 30.8 Å². The Morgan fingerprint density at radius 3 is 2.54 bits per heavy atom. The van der Waals surface area contributed by atoms with Gasteiger partial charge in [-0.05, 0) is 55.7 Å². The summed E-state index contributed by atoms with van der Waals surface area (Å²) >= 11 is 0. The average molecular weight is 374 g/mol. The zero-order valence-electron chi connectivity index (χ0n) is 14.8. The summed E-state index contributed by atoms with van der Waals surface area (Å²) < 4.78 is 33.1. The Labute approximate surface area is 153 Å². The van der Waals surface area contributed by atoms with E-state index in [1.807, 2.05) is 24.3 Å². The Balaban J connectivity index is 1.84. The molecule has 3 rings (SSSR count). The first-order chi connectivity index (χ1) is 12.4. The van der Waals surface area contributed by atoms with E-state index in [1.54, 1.807) is 19.1 Å². The number of ether oxygens (including phenoxy) is 1. The summed E-state index contributed by atoms with van der Waals surface area (Å²) in [5, 5.41) is 2.51. The average Bonchev–Trinajstić information content (AvgIpc) is 2.67. The van der Waals surface area contributed by atoms with Crippen molar-refractivity contribution in [3.05, 3.63) is 54.1 Å². The van der Waals surface area contributed by atoms with Crippen LogP contribution in [0, 0.1) is 0 Å². The molecule has 0 spiro atoms. The number of nitrogens with one attached hydrogen (secondary N) is 1. The van der Waals surface area contributed by atoms with Gasteiger partial charge in [0.15, 0.2) is 6.10 Å². The fourth-order valence-corrected chi connectivity index (χ4v) is 4.57. The number of carbonyl (C=O) groups is 1. The summed E-state index contributed by atoms with van der Waals surface area (Å²) in [6.45, 7) is 2.10. The Kier molecular flexibility index (Phi) is 5.18. The van der Waals surface area contributed by atoms with E-state index in [0.29, 0.717) is 12.3 Å². The van der Waals surface area contributed by atoms with E-state index in [0.717, 1.165) is 24.1 Å². The number of nitrogens with zero attached hydrogens (tertiary/aromatic N) is 1. The van der Waals surface area contributed by atoms with Crippen molar-refractivity contribution in [2.75, 3.05) is 17.9 Å². The molecule has 0 bridgehead atoms. The van der Waals surface area contributed by atoms with Crippen molar-refractivity contribution < 1.29 is 17.9 Å². The van der Waals surface area contributed by atoms with Crippen molar-refractivity contribution in [1.29, 1.82) is 0 Å². The van der Waals surface area contributed by atoms with E-state index in [-0.39, 0.29) is 10.8 Å². The molecule has 0 fully saturated rings. The zero-order chi connectivity index (χ0) is 18.7. The molecule has 0 saturated heterocycles. The van der Waals surface area contributed by atoms with Crippen molar-refractivity contribution in [1.82, 2.24) is 5.32 Å². The molecule has 7 heteroatoms. The molecule has 26 heavy (non-hydrogen) atoms. The normalized spacial score (nSPS) is 15.1. The molecular formula is C19H22N2O4S. The molecule has 1 heterocycles. The lowest BCUT2D eigenvalue weighted by Crippen LogP contribution is -2.35. The molecule has 0 aromatic heterocycles. The topological polar surface area (TPSA) is 75.7 Å². The van der Waals surface area contributed by atoms with E-state index < -0.39 is 16.1 Å². The Morgan fingerprint density at radius 2 is 1.85 bits per heavy atom. The minimum absolute atomic E-state index is 0.203. The number of sulfonamides is 1. The van der Waals surface area contributed by atoms with Gasteiger partial charge in [-0.2, -0.15) is 0 Å². The number of aryl methyl sites for hydroxylation is 1. The largest absolute Gasteiger partial charge is 0.481 e. The fourth-order valence-electron chi connectivity index (χ4n) is 3.03. The van der Waals surface area contributed by atoms with Gasteiger partial charge in [0.1, 0.15) is 5.75 Å². The molecule has 0 unspecified atom stereocenters. The molecule has 1 amide bonds. The number of likely N-dealkylation sites (N-methyl/N-ethyl adjacent to an activating group) is 1. The Bertz CT molecular complexity index is 894. The van der Waals surface area contributed by atoms with Crippen LogP contribution in [0.1, 0.15) is 18.9 Å². The van der Waals surface area contributed by atoms with Crippen LogP contribution in [0.2, 0.25) is 0 Å². The van der Waals surface area contributed by atoms with Crippen LogP contribution in [-0.4, -0.2) is 34.0 Å². The van der Waals surface area contributed by atoms with Crippen molar-refractivity contribution in [3.8, 4) is 5.75 Å². The monoisotopic (exact) mass is 374 g/mol. The molecule has 1 aliphatic rings. The predicted octanol–water partition coefficient (Wildman–Crippen LogP) is 2.34. The Hall–Kier alpha value is -2.54. The number of carbonyl (C=O) groups excluding carboxylic acids is 1. The first-order valence-electron chi connectivity index (χ1n) is 8.52. The molecule has 0 aliphatic carbocycles. The van der Waals surface area contributed by atoms with Gasteiger partial charge in [0.05, 0.1) is 10.6 Å². The van der Waals surface area contributed by atoms with Gasteiger partial charge < -0.3 is 10.1 Å². The lowest BCUT2D eigenvalue weighted by Gasteiger charge is -2.30. The second-order valence-electron chi connectivity index (χ2n) is 6.16. The third-order valence-electron chi connectivity index (χ3n) is 4.41. The van der Waals surface area contributed by atoms with Crippen LogP contribution in [0.5, 0.6) is 5.75 Å². The smallest absolute Gasteiger partial charge is 0.264 e. The predicted molar refractivity (Wildman–Crippen MR) is 99.9 cm³/mol. The summed E-state index contributed by atoms with van der Waals surface area (Å²) in [6, 6.07) is 13.8. The van der Waals surface area contributed by atoms with Crippen LogP contribution in [0.15, 0.2) is 53.4 Å². The quantitative estimate of drug-likeness (QED) is 0.872. The molecule has 1 aliphatic heterocycles. The number of hydrogen-bond acceptors (Lipinski definition) is 4. The van der Waals surface area contributed by atoms with E-state index >= 15 is 0 Å². The van der Waals surface area contributed by atoms with Gasteiger partial charge >= 0.3 is 0 Å².